The second kappa shape index (κ2) is 8.26. The summed E-state index contributed by atoms with van der Waals surface area (Å²) in [4.78, 5) is 12.6. The number of rotatable bonds is 8. The molecule has 2 aromatic carbocycles. The Balaban J connectivity index is 1.74. The average Bonchev–Trinajstić information content (AvgIpc) is 2.65. The zero-order valence-corrected chi connectivity index (χ0v) is 15.7. The Morgan fingerprint density at radius 3 is 2.50 bits per heavy atom. The van der Waals surface area contributed by atoms with Gasteiger partial charge in [-0.1, -0.05) is 62.9 Å². The summed E-state index contributed by atoms with van der Waals surface area (Å²) in [7, 11) is 0. The van der Waals surface area contributed by atoms with E-state index in [1.54, 1.807) is 0 Å². The van der Waals surface area contributed by atoms with E-state index in [-0.39, 0.29) is 5.91 Å². The van der Waals surface area contributed by atoms with E-state index in [1.165, 1.54) is 25.7 Å². The average molecular weight is 352 g/mol. The molecule has 1 amide bonds. The van der Waals surface area contributed by atoms with E-state index in [1.807, 2.05) is 55.5 Å². The van der Waals surface area contributed by atoms with Gasteiger partial charge in [-0.3, -0.25) is 4.79 Å². The van der Waals surface area contributed by atoms with Gasteiger partial charge in [-0.05, 0) is 31.5 Å². The second-order valence-electron chi connectivity index (χ2n) is 7.01. The molecular weight excluding hydrogens is 324 g/mol. The van der Waals surface area contributed by atoms with Crippen molar-refractivity contribution >= 4 is 11.6 Å². The zero-order valence-electron chi connectivity index (χ0n) is 15.7. The number of ether oxygens (including phenoxy) is 1. The maximum Gasteiger partial charge on any atom is 0.255 e. The van der Waals surface area contributed by atoms with Gasteiger partial charge in [-0.2, -0.15) is 0 Å². The molecule has 0 spiro atoms. The first-order valence-electron chi connectivity index (χ1n) is 9.56. The minimum Gasteiger partial charge on any atom is -0.493 e. The number of hydrogen-bond donors (Lipinski definition) is 2. The number of benzene rings is 2. The lowest BCUT2D eigenvalue weighted by Crippen LogP contribution is -2.53. The molecule has 0 fully saturated rings. The minimum absolute atomic E-state index is 0.0729. The summed E-state index contributed by atoms with van der Waals surface area (Å²) in [5.74, 6) is 0.744. The summed E-state index contributed by atoms with van der Waals surface area (Å²) in [5, 5.41) is 6.56. The molecule has 0 aliphatic carbocycles. The predicted octanol–water partition coefficient (Wildman–Crippen LogP) is 5.06. The van der Waals surface area contributed by atoms with Gasteiger partial charge < -0.3 is 15.4 Å². The molecule has 4 heteroatoms. The fraction of sp³-hybridized carbons (Fsp3) is 0.409. The highest BCUT2D eigenvalue weighted by Gasteiger charge is 2.36. The normalized spacial score (nSPS) is 18.6. The molecule has 1 heterocycles. The van der Waals surface area contributed by atoms with Gasteiger partial charge in [-0.15, -0.1) is 0 Å². The fourth-order valence-electron chi connectivity index (χ4n) is 3.41. The van der Waals surface area contributed by atoms with Crippen molar-refractivity contribution in [1.29, 1.82) is 0 Å². The molecule has 0 saturated carbocycles. The summed E-state index contributed by atoms with van der Waals surface area (Å²) < 4.78 is 6.07. The van der Waals surface area contributed by atoms with Crippen LogP contribution in [0.3, 0.4) is 0 Å². The summed E-state index contributed by atoms with van der Waals surface area (Å²) >= 11 is 0. The van der Waals surface area contributed by atoms with Crippen molar-refractivity contribution in [2.45, 2.75) is 51.6 Å². The lowest BCUT2D eigenvalue weighted by Gasteiger charge is -2.38. The highest BCUT2D eigenvalue weighted by Crippen LogP contribution is 2.35. The van der Waals surface area contributed by atoms with E-state index in [0.717, 1.165) is 23.4 Å². The van der Waals surface area contributed by atoms with Crippen molar-refractivity contribution in [3.8, 4) is 5.75 Å². The van der Waals surface area contributed by atoms with Gasteiger partial charge in [0.2, 0.25) is 0 Å². The van der Waals surface area contributed by atoms with Gasteiger partial charge in [0.1, 0.15) is 11.4 Å². The first-order chi connectivity index (χ1) is 12.6. The number of carbonyl (C=O) groups excluding carboxylic acids is 1. The molecule has 1 aliphatic rings. The standard InChI is InChI=1S/C22H28N2O2/c1-3-4-5-6-11-16-26-20-15-10-8-13-18(20)22(2)23-19-14-9-7-12-17(19)21(25)24-22/h7-10,12-15,23H,3-6,11,16H2,1-2H3,(H,24,25). The van der Waals surface area contributed by atoms with E-state index in [0.29, 0.717) is 12.2 Å². The molecule has 0 aromatic heterocycles. The Labute approximate surface area is 156 Å². The first-order valence-corrected chi connectivity index (χ1v) is 9.56. The van der Waals surface area contributed by atoms with Crippen molar-refractivity contribution < 1.29 is 9.53 Å². The number of amides is 1. The topological polar surface area (TPSA) is 50.4 Å². The maximum atomic E-state index is 12.6. The Kier molecular flexibility index (Phi) is 5.82. The molecule has 1 unspecified atom stereocenters. The van der Waals surface area contributed by atoms with Crippen molar-refractivity contribution in [3.63, 3.8) is 0 Å². The third-order valence-corrected chi connectivity index (χ3v) is 4.85. The van der Waals surface area contributed by atoms with Crippen molar-refractivity contribution in [2.24, 2.45) is 0 Å². The van der Waals surface area contributed by atoms with Gasteiger partial charge in [0.25, 0.3) is 5.91 Å². The van der Waals surface area contributed by atoms with Gasteiger partial charge in [0.15, 0.2) is 0 Å². The Bertz CT molecular complexity index is 759. The predicted molar refractivity (Wildman–Crippen MR) is 106 cm³/mol. The van der Waals surface area contributed by atoms with Crippen LogP contribution < -0.4 is 15.4 Å². The molecule has 1 atom stereocenters. The zero-order chi connectivity index (χ0) is 18.4. The molecule has 26 heavy (non-hydrogen) atoms. The molecule has 138 valence electrons. The number of nitrogens with one attached hydrogen (secondary N) is 2. The fourth-order valence-corrected chi connectivity index (χ4v) is 3.41. The van der Waals surface area contributed by atoms with Gasteiger partial charge in [0.05, 0.1) is 12.2 Å². The molecule has 2 N–H and O–H groups in total. The Morgan fingerprint density at radius 1 is 0.923 bits per heavy atom. The van der Waals surface area contributed by atoms with E-state index >= 15 is 0 Å². The van der Waals surface area contributed by atoms with Crippen LogP contribution in [0.4, 0.5) is 5.69 Å². The van der Waals surface area contributed by atoms with Gasteiger partial charge in [-0.25, -0.2) is 0 Å². The van der Waals surface area contributed by atoms with Crippen LogP contribution in [-0.4, -0.2) is 12.5 Å². The summed E-state index contributed by atoms with van der Waals surface area (Å²) in [5.41, 5.74) is 1.74. The molecule has 4 nitrogen and oxygen atoms in total. The second-order valence-corrected chi connectivity index (χ2v) is 7.01. The number of carbonyl (C=O) groups is 1. The highest BCUT2D eigenvalue weighted by molar-refractivity contribution is 6.02. The van der Waals surface area contributed by atoms with Crippen molar-refractivity contribution in [3.05, 3.63) is 59.7 Å². The molecule has 0 radical (unpaired) electrons. The van der Waals surface area contributed by atoms with E-state index < -0.39 is 5.66 Å². The van der Waals surface area contributed by atoms with E-state index in [4.69, 9.17) is 4.74 Å². The number of unbranched alkanes of at least 4 members (excludes halogenated alkanes) is 4. The molecule has 0 saturated heterocycles. The number of fused-ring (bicyclic) bond motifs is 1. The van der Waals surface area contributed by atoms with Crippen molar-refractivity contribution in [2.75, 3.05) is 11.9 Å². The van der Waals surface area contributed by atoms with E-state index in [2.05, 4.69) is 17.6 Å². The van der Waals surface area contributed by atoms with Crippen LogP contribution in [0, 0.1) is 0 Å². The number of para-hydroxylation sites is 2. The van der Waals surface area contributed by atoms with Crippen LogP contribution in [0.25, 0.3) is 0 Å². The SMILES string of the molecule is CCCCCCCOc1ccccc1C1(C)NC(=O)c2ccccc2N1. The van der Waals surface area contributed by atoms with Crippen molar-refractivity contribution in [1.82, 2.24) is 5.32 Å². The highest BCUT2D eigenvalue weighted by atomic mass is 16.5. The molecule has 3 rings (SSSR count). The minimum atomic E-state index is -0.704. The summed E-state index contributed by atoms with van der Waals surface area (Å²) in [6.45, 7) is 4.89. The molecular formula is C22H28N2O2. The quantitative estimate of drug-likeness (QED) is 0.653. The molecule has 2 aromatic rings. The molecule has 0 bridgehead atoms. The van der Waals surface area contributed by atoms with Crippen LogP contribution in [0.15, 0.2) is 48.5 Å². The smallest absolute Gasteiger partial charge is 0.255 e. The Hall–Kier alpha value is -2.49. The van der Waals surface area contributed by atoms with Crippen LogP contribution in [-0.2, 0) is 5.66 Å². The first kappa shape index (κ1) is 18.3. The van der Waals surface area contributed by atoms with Crippen LogP contribution in [0.2, 0.25) is 0 Å². The number of anilines is 1. The summed E-state index contributed by atoms with van der Waals surface area (Å²) in [6.07, 6.45) is 6.02. The monoisotopic (exact) mass is 352 g/mol. The lowest BCUT2D eigenvalue weighted by atomic mass is 9.95. The molecule has 1 aliphatic heterocycles. The van der Waals surface area contributed by atoms with Gasteiger partial charge in [0, 0.05) is 11.3 Å². The largest absolute Gasteiger partial charge is 0.493 e. The Morgan fingerprint density at radius 2 is 1.65 bits per heavy atom. The third kappa shape index (κ3) is 4.01. The lowest BCUT2D eigenvalue weighted by molar-refractivity contribution is 0.0905. The van der Waals surface area contributed by atoms with Crippen LogP contribution in [0.1, 0.15) is 61.9 Å². The van der Waals surface area contributed by atoms with Crippen LogP contribution >= 0.6 is 0 Å². The summed E-state index contributed by atoms with van der Waals surface area (Å²) in [6, 6.07) is 15.5. The van der Waals surface area contributed by atoms with E-state index in [9.17, 15) is 4.79 Å². The third-order valence-electron chi connectivity index (χ3n) is 4.85. The number of hydrogen-bond acceptors (Lipinski definition) is 3. The van der Waals surface area contributed by atoms with Crippen LogP contribution in [0.5, 0.6) is 5.75 Å². The maximum absolute atomic E-state index is 12.6. The van der Waals surface area contributed by atoms with Gasteiger partial charge >= 0.3 is 0 Å².